The van der Waals surface area contributed by atoms with Gasteiger partial charge in [0.25, 0.3) is 0 Å². The van der Waals surface area contributed by atoms with Gasteiger partial charge in [-0.3, -0.25) is 0 Å². The first-order valence-corrected chi connectivity index (χ1v) is 13.8. The zero-order valence-corrected chi connectivity index (χ0v) is 21.5. The average Bonchev–Trinajstić information content (AvgIpc) is 2.88. The highest BCUT2D eigenvalue weighted by molar-refractivity contribution is 5.14. The first-order chi connectivity index (χ1) is 16.8. The van der Waals surface area contributed by atoms with Gasteiger partial charge >= 0.3 is 0 Å². The first-order valence-electron chi connectivity index (χ1n) is 13.8. The topological polar surface area (TPSA) is 38.7 Å². The number of aliphatic hydroxyl groups is 1. The van der Waals surface area contributed by atoms with Gasteiger partial charge in [0.05, 0.1) is 19.3 Å². The Hall–Kier alpha value is -1.68. The maximum atomic E-state index is 10.2. The van der Waals surface area contributed by atoms with Gasteiger partial charge in [-0.05, 0) is 36.8 Å². The third-order valence-corrected chi connectivity index (χ3v) is 6.43. The van der Waals surface area contributed by atoms with Gasteiger partial charge in [-0.2, -0.15) is 0 Å². The number of hydrogen-bond donors (Lipinski definition) is 1. The van der Waals surface area contributed by atoms with E-state index in [2.05, 4.69) is 31.2 Å². The third kappa shape index (κ3) is 14.6. The number of benzene rings is 2. The molecular weight excluding hydrogens is 420 g/mol. The largest absolute Gasteiger partial charge is 0.393 e. The van der Waals surface area contributed by atoms with Crippen LogP contribution in [0.15, 0.2) is 60.7 Å². The molecule has 0 heterocycles. The lowest BCUT2D eigenvalue weighted by atomic mass is 10.0. The lowest BCUT2D eigenvalue weighted by Crippen LogP contribution is -2.17. The molecule has 0 radical (unpaired) electrons. The van der Waals surface area contributed by atoms with Crippen LogP contribution in [0.5, 0.6) is 0 Å². The maximum Gasteiger partial charge on any atom is 0.158 e. The van der Waals surface area contributed by atoms with Crippen LogP contribution in [-0.2, 0) is 22.7 Å². The van der Waals surface area contributed by atoms with E-state index >= 15 is 0 Å². The van der Waals surface area contributed by atoms with Gasteiger partial charge < -0.3 is 14.6 Å². The smallest absolute Gasteiger partial charge is 0.158 e. The standard InChI is InChI=1S/C31H48O3/c1-2-3-4-5-7-16-23-30(32)24-17-8-6-9-18-25-31(33-26-28-19-12-10-13-20-28)34-27-29-21-14-11-15-22-29/h10-15,19-22,30-32H,2-9,16-18,23-27H2,1H3. The van der Waals surface area contributed by atoms with Crippen LogP contribution in [0.2, 0.25) is 0 Å². The number of aliphatic hydroxyl groups excluding tert-OH is 1. The SMILES string of the molecule is CCCCCCCCC(O)CCCCCCCC(OCc1ccccc1)OCc1ccccc1. The summed E-state index contributed by atoms with van der Waals surface area (Å²) < 4.78 is 12.2. The van der Waals surface area contributed by atoms with E-state index in [0.29, 0.717) is 13.2 Å². The molecule has 2 aromatic rings. The average molecular weight is 469 g/mol. The van der Waals surface area contributed by atoms with Crippen molar-refractivity contribution >= 4 is 0 Å². The van der Waals surface area contributed by atoms with Crippen molar-refractivity contribution in [2.24, 2.45) is 0 Å². The molecular formula is C31H48O3. The van der Waals surface area contributed by atoms with Crippen LogP contribution in [0.1, 0.15) is 108 Å². The third-order valence-electron chi connectivity index (χ3n) is 6.43. The first kappa shape index (κ1) is 28.6. The van der Waals surface area contributed by atoms with Crippen LogP contribution in [-0.4, -0.2) is 17.5 Å². The molecule has 0 saturated heterocycles. The molecule has 0 aliphatic carbocycles. The molecule has 0 spiro atoms. The zero-order chi connectivity index (χ0) is 24.1. The molecule has 3 nitrogen and oxygen atoms in total. The number of rotatable bonds is 21. The minimum Gasteiger partial charge on any atom is -0.393 e. The molecule has 190 valence electrons. The van der Waals surface area contributed by atoms with E-state index in [1.165, 1.54) is 68.9 Å². The summed E-state index contributed by atoms with van der Waals surface area (Å²) in [7, 11) is 0. The molecule has 0 aliphatic rings. The maximum absolute atomic E-state index is 10.2. The van der Waals surface area contributed by atoms with Crippen LogP contribution < -0.4 is 0 Å². The Bertz CT molecular complexity index is 645. The molecule has 0 bridgehead atoms. The van der Waals surface area contributed by atoms with Crippen LogP contribution >= 0.6 is 0 Å². The Morgan fingerprint density at radius 3 is 1.44 bits per heavy atom. The lowest BCUT2D eigenvalue weighted by Gasteiger charge is -2.19. The number of unbranched alkanes of at least 4 members (excludes halogenated alkanes) is 9. The highest BCUT2D eigenvalue weighted by Gasteiger charge is 2.11. The Morgan fingerprint density at radius 2 is 0.971 bits per heavy atom. The fourth-order valence-corrected chi connectivity index (χ4v) is 4.27. The predicted molar refractivity (Wildman–Crippen MR) is 143 cm³/mol. The second kappa shape index (κ2) is 19.6. The zero-order valence-electron chi connectivity index (χ0n) is 21.5. The second-order valence-electron chi connectivity index (χ2n) is 9.58. The van der Waals surface area contributed by atoms with Crippen molar-refractivity contribution in [1.82, 2.24) is 0 Å². The summed E-state index contributed by atoms with van der Waals surface area (Å²) in [6, 6.07) is 20.6. The minimum absolute atomic E-state index is 0.103. The quantitative estimate of drug-likeness (QED) is 0.147. The molecule has 34 heavy (non-hydrogen) atoms. The van der Waals surface area contributed by atoms with Crippen molar-refractivity contribution in [3.05, 3.63) is 71.8 Å². The van der Waals surface area contributed by atoms with Crippen molar-refractivity contribution in [2.75, 3.05) is 0 Å². The van der Waals surface area contributed by atoms with Crippen LogP contribution in [0, 0.1) is 0 Å². The van der Waals surface area contributed by atoms with Crippen molar-refractivity contribution < 1.29 is 14.6 Å². The minimum atomic E-state index is -0.181. The Labute approximate surface area is 208 Å². The van der Waals surface area contributed by atoms with Gasteiger partial charge in [-0.25, -0.2) is 0 Å². The Morgan fingerprint density at radius 1 is 0.559 bits per heavy atom. The van der Waals surface area contributed by atoms with Crippen LogP contribution in [0.3, 0.4) is 0 Å². The highest BCUT2D eigenvalue weighted by Crippen LogP contribution is 2.17. The van der Waals surface area contributed by atoms with Gasteiger partial charge in [0, 0.05) is 0 Å². The molecule has 2 rings (SSSR count). The van der Waals surface area contributed by atoms with Gasteiger partial charge in [-0.1, -0.05) is 132 Å². The van der Waals surface area contributed by atoms with Crippen LogP contribution in [0.4, 0.5) is 0 Å². The summed E-state index contributed by atoms with van der Waals surface area (Å²) in [6.45, 7) is 3.41. The summed E-state index contributed by atoms with van der Waals surface area (Å²) in [5.74, 6) is 0. The lowest BCUT2D eigenvalue weighted by molar-refractivity contribution is -0.160. The van der Waals surface area contributed by atoms with Gasteiger partial charge in [0.15, 0.2) is 6.29 Å². The molecule has 0 amide bonds. The van der Waals surface area contributed by atoms with Crippen molar-refractivity contribution in [3.8, 4) is 0 Å². The Kier molecular flexibility index (Phi) is 16.5. The molecule has 3 heteroatoms. The normalized spacial score (nSPS) is 12.3. The molecule has 0 fully saturated rings. The fourth-order valence-electron chi connectivity index (χ4n) is 4.27. The molecule has 0 saturated carbocycles. The van der Waals surface area contributed by atoms with E-state index in [4.69, 9.17) is 9.47 Å². The summed E-state index contributed by atoms with van der Waals surface area (Å²) in [5.41, 5.74) is 2.35. The summed E-state index contributed by atoms with van der Waals surface area (Å²) in [6.07, 6.45) is 16.2. The fraction of sp³-hybridized carbons (Fsp3) is 0.613. The molecule has 1 atom stereocenters. The van der Waals surface area contributed by atoms with Crippen molar-refractivity contribution in [3.63, 3.8) is 0 Å². The monoisotopic (exact) mass is 468 g/mol. The van der Waals surface area contributed by atoms with Crippen molar-refractivity contribution in [1.29, 1.82) is 0 Å². The van der Waals surface area contributed by atoms with Crippen LogP contribution in [0.25, 0.3) is 0 Å². The number of ether oxygens (including phenoxy) is 2. The molecule has 1 N–H and O–H groups in total. The molecule has 0 aliphatic heterocycles. The molecule has 2 aromatic carbocycles. The predicted octanol–water partition coefficient (Wildman–Crippen LogP) is 8.59. The van der Waals surface area contributed by atoms with Gasteiger partial charge in [0.2, 0.25) is 0 Å². The Balaban J connectivity index is 1.55. The molecule has 0 aromatic heterocycles. The van der Waals surface area contributed by atoms with E-state index < -0.39 is 0 Å². The van der Waals surface area contributed by atoms with E-state index in [1.807, 2.05) is 36.4 Å². The van der Waals surface area contributed by atoms with E-state index in [9.17, 15) is 5.11 Å². The molecule has 1 unspecified atom stereocenters. The summed E-state index contributed by atoms with van der Waals surface area (Å²) >= 11 is 0. The summed E-state index contributed by atoms with van der Waals surface area (Å²) in [4.78, 5) is 0. The second-order valence-corrected chi connectivity index (χ2v) is 9.58. The van der Waals surface area contributed by atoms with E-state index in [-0.39, 0.29) is 12.4 Å². The van der Waals surface area contributed by atoms with E-state index in [1.54, 1.807) is 0 Å². The van der Waals surface area contributed by atoms with Gasteiger partial charge in [-0.15, -0.1) is 0 Å². The summed E-state index contributed by atoms with van der Waals surface area (Å²) in [5, 5.41) is 10.2. The van der Waals surface area contributed by atoms with Gasteiger partial charge in [0.1, 0.15) is 0 Å². The highest BCUT2D eigenvalue weighted by atomic mass is 16.7. The van der Waals surface area contributed by atoms with E-state index in [0.717, 1.165) is 32.1 Å². The van der Waals surface area contributed by atoms with Crippen molar-refractivity contribution in [2.45, 2.75) is 122 Å². The number of hydrogen-bond acceptors (Lipinski definition) is 3.